The number of para-hydroxylation sites is 1. The Bertz CT molecular complexity index is 893. The smallest absolute Gasteiger partial charge is 0.365 e. The molecule has 0 spiro atoms. The number of benzene rings is 1. The van der Waals surface area contributed by atoms with Gasteiger partial charge in [-0.05, 0) is 18.3 Å². The van der Waals surface area contributed by atoms with Crippen molar-refractivity contribution in [2.75, 3.05) is 5.32 Å². The van der Waals surface area contributed by atoms with E-state index in [1.54, 1.807) is 18.2 Å². The average Bonchev–Trinajstić information content (AvgIpc) is 2.99. The van der Waals surface area contributed by atoms with Crippen LogP contribution in [0.3, 0.4) is 0 Å². The van der Waals surface area contributed by atoms with E-state index in [0.717, 1.165) is 11.3 Å². The number of amides is 2. The number of H-pyrrole nitrogens is 2. The molecule has 8 nitrogen and oxygen atoms in total. The molecule has 2 amide bonds. The van der Waals surface area contributed by atoms with Gasteiger partial charge in [0.15, 0.2) is 9.64 Å². The van der Waals surface area contributed by atoms with Crippen LogP contribution in [0.4, 0.5) is 15.6 Å². The van der Waals surface area contributed by atoms with Crippen LogP contribution in [0.25, 0.3) is 10.9 Å². The highest BCUT2D eigenvalue weighted by atomic mass is 32.1. The number of carbonyl (C=O) groups excluding carboxylic acids is 1. The van der Waals surface area contributed by atoms with Gasteiger partial charge in [0.1, 0.15) is 0 Å². The molecular weight excluding hydrogens is 312 g/mol. The fraction of sp³-hybridized carbons (Fsp3) is 0. The maximum atomic E-state index is 11.6. The molecule has 1 aromatic carbocycles. The van der Waals surface area contributed by atoms with Crippen molar-refractivity contribution >= 4 is 51.3 Å². The summed E-state index contributed by atoms with van der Waals surface area (Å²) in [7, 11) is 0. The zero-order valence-corrected chi connectivity index (χ0v) is 12.0. The third-order valence-corrected chi connectivity index (χ3v) is 3.56. The lowest BCUT2D eigenvalue weighted by Crippen LogP contribution is -2.04. The number of fused-ring (bicyclic) bond motifs is 1. The van der Waals surface area contributed by atoms with Crippen molar-refractivity contribution in [3.05, 3.63) is 28.2 Å². The van der Waals surface area contributed by atoms with Crippen molar-refractivity contribution in [2.24, 2.45) is 10.2 Å². The van der Waals surface area contributed by atoms with Crippen LogP contribution in [0.5, 0.6) is 5.88 Å². The van der Waals surface area contributed by atoms with Crippen molar-refractivity contribution in [1.82, 2.24) is 15.2 Å². The number of hydrogen-bond acceptors (Lipinski definition) is 6. The molecule has 0 aliphatic carbocycles. The Morgan fingerprint density at radius 2 is 2.24 bits per heavy atom. The first-order valence-corrected chi connectivity index (χ1v) is 6.94. The number of aromatic nitrogens is 3. The van der Waals surface area contributed by atoms with Gasteiger partial charge in [-0.15, -0.1) is 10.2 Å². The van der Waals surface area contributed by atoms with Gasteiger partial charge in [-0.2, -0.15) is 0 Å². The van der Waals surface area contributed by atoms with Crippen molar-refractivity contribution < 1.29 is 9.90 Å². The van der Waals surface area contributed by atoms with E-state index < -0.39 is 6.03 Å². The highest BCUT2D eigenvalue weighted by Gasteiger charge is 2.10. The van der Waals surface area contributed by atoms with E-state index in [2.05, 4.69) is 30.7 Å². The van der Waals surface area contributed by atoms with Gasteiger partial charge < -0.3 is 10.1 Å². The molecule has 0 radical (unpaired) electrons. The number of nitrogens with zero attached hydrogens (tertiary/aromatic N) is 3. The summed E-state index contributed by atoms with van der Waals surface area (Å²) in [4.78, 5) is 14.4. The molecule has 0 saturated heterocycles. The second-order valence-electron chi connectivity index (χ2n) is 3.92. The fourth-order valence-electron chi connectivity index (χ4n) is 1.71. The summed E-state index contributed by atoms with van der Waals surface area (Å²) in [6.07, 6.45) is 0. The van der Waals surface area contributed by atoms with Gasteiger partial charge in [-0.3, -0.25) is 10.4 Å². The van der Waals surface area contributed by atoms with E-state index in [4.69, 9.17) is 12.2 Å². The van der Waals surface area contributed by atoms with Crippen LogP contribution in [0.1, 0.15) is 0 Å². The Hall–Kier alpha value is -2.59. The molecule has 3 rings (SSSR count). The molecule has 4 N–H and O–H groups in total. The Labute approximate surface area is 126 Å². The average molecular weight is 320 g/mol. The van der Waals surface area contributed by atoms with Crippen LogP contribution in [0, 0.1) is 3.95 Å². The summed E-state index contributed by atoms with van der Waals surface area (Å²) in [5.41, 5.74) is 0.907. The number of azo groups is 1. The van der Waals surface area contributed by atoms with Crippen LogP contribution in [-0.4, -0.2) is 26.3 Å². The topological polar surface area (TPSA) is 119 Å². The minimum Gasteiger partial charge on any atom is -0.493 e. The van der Waals surface area contributed by atoms with E-state index in [0.29, 0.717) is 20.0 Å². The number of aromatic hydroxyl groups is 1. The Morgan fingerprint density at radius 1 is 1.43 bits per heavy atom. The first kappa shape index (κ1) is 13.4. The maximum Gasteiger partial charge on any atom is 0.365 e. The van der Waals surface area contributed by atoms with Crippen LogP contribution < -0.4 is 5.32 Å². The molecule has 0 saturated carbocycles. The first-order chi connectivity index (χ1) is 10.1. The standard InChI is InChI=1S/C11H8N6O2S2/c18-8-7(5-3-1-2-4-6(5)12-8)14-15-9(19)13-10-16-17-11(20)21-10/h1-4,12,18H,(H,17,20)(H,13,16,19). The van der Waals surface area contributed by atoms with E-state index >= 15 is 0 Å². The molecule has 106 valence electrons. The molecule has 2 aromatic heterocycles. The van der Waals surface area contributed by atoms with Crippen molar-refractivity contribution in [1.29, 1.82) is 0 Å². The Morgan fingerprint density at radius 3 is 3.00 bits per heavy atom. The summed E-state index contributed by atoms with van der Waals surface area (Å²) in [6, 6.07) is 6.45. The summed E-state index contributed by atoms with van der Waals surface area (Å²) in [5, 5.41) is 26.7. The van der Waals surface area contributed by atoms with E-state index in [9.17, 15) is 9.90 Å². The number of hydrogen-bond donors (Lipinski definition) is 4. The third-order valence-electron chi connectivity index (χ3n) is 2.55. The van der Waals surface area contributed by atoms with E-state index in [-0.39, 0.29) is 11.6 Å². The third kappa shape index (κ3) is 2.80. The zero-order valence-electron chi connectivity index (χ0n) is 10.3. The van der Waals surface area contributed by atoms with Crippen LogP contribution >= 0.6 is 23.6 Å². The highest BCUT2D eigenvalue weighted by molar-refractivity contribution is 7.73. The van der Waals surface area contributed by atoms with Crippen molar-refractivity contribution in [2.45, 2.75) is 0 Å². The second-order valence-corrected chi connectivity index (χ2v) is 5.58. The van der Waals surface area contributed by atoms with E-state index in [1.165, 1.54) is 0 Å². The SMILES string of the molecule is O=C(N=Nc1c(O)[nH]c2ccccc12)Nc1n[nH]c(=S)s1. The largest absolute Gasteiger partial charge is 0.493 e. The quantitative estimate of drug-likeness (QED) is 0.425. The van der Waals surface area contributed by atoms with Crippen molar-refractivity contribution in [3.63, 3.8) is 0 Å². The van der Waals surface area contributed by atoms with Gasteiger partial charge in [0.25, 0.3) is 0 Å². The number of urea groups is 1. The van der Waals surface area contributed by atoms with Crippen molar-refractivity contribution in [3.8, 4) is 5.88 Å². The first-order valence-electron chi connectivity index (χ1n) is 5.71. The van der Waals surface area contributed by atoms with E-state index in [1.807, 2.05) is 6.07 Å². The summed E-state index contributed by atoms with van der Waals surface area (Å²) < 4.78 is 0.441. The predicted molar refractivity (Wildman–Crippen MR) is 80.8 cm³/mol. The maximum absolute atomic E-state index is 11.6. The molecule has 0 aliphatic heterocycles. The van der Waals surface area contributed by atoms with Crippen LogP contribution in [-0.2, 0) is 0 Å². The minimum atomic E-state index is -0.711. The highest BCUT2D eigenvalue weighted by Crippen LogP contribution is 2.35. The number of carbonyl (C=O) groups is 1. The minimum absolute atomic E-state index is 0.150. The van der Waals surface area contributed by atoms with Gasteiger partial charge in [-0.1, -0.05) is 34.7 Å². The predicted octanol–water partition coefficient (Wildman–Crippen LogP) is 3.70. The Balaban J connectivity index is 1.82. The molecule has 21 heavy (non-hydrogen) atoms. The summed E-state index contributed by atoms with van der Waals surface area (Å²) in [6.45, 7) is 0. The number of nitrogens with one attached hydrogen (secondary N) is 3. The zero-order chi connectivity index (χ0) is 14.8. The number of rotatable bonds is 2. The Kier molecular flexibility index (Phi) is 3.46. The molecule has 0 atom stereocenters. The van der Waals surface area contributed by atoms with Crippen LogP contribution in [0.15, 0.2) is 34.5 Å². The lowest BCUT2D eigenvalue weighted by molar-refractivity contribution is 0.258. The van der Waals surface area contributed by atoms with Gasteiger partial charge >= 0.3 is 6.03 Å². The molecule has 0 bridgehead atoms. The second kappa shape index (κ2) is 5.42. The van der Waals surface area contributed by atoms with Gasteiger partial charge in [0.05, 0.1) is 5.52 Å². The lowest BCUT2D eigenvalue weighted by Gasteiger charge is -1.93. The normalized spacial score (nSPS) is 11.2. The summed E-state index contributed by atoms with van der Waals surface area (Å²) in [5.74, 6) is -0.150. The van der Waals surface area contributed by atoms with Gasteiger partial charge in [0.2, 0.25) is 11.0 Å². The molecule has 3 aromatic rings. The van der Waals surface area contributed by atoms with Crippen LogP contribution in [0.2, 0.25) is 0 Å². The molecular formula is C11H8N6O2S2. The molecule has 2 heterocycles. The molecule has 0 aliphatic rings. The number of anilines is 1. The molecule has 10 heteroatoms. The molecule has 0 fully saturated rings. The molecule has 0 unspecified atom stereocenters. The van der Waals surface area contributed by atoms with Gasteiger partial charge in [-0.25, -0.2) is 4.79 Å². The monoisotopic (exact) mass is 320 g/mol. The van der Waals surface area contributed by atoms with Gasteiger partial charge in [0, 0.05) is 5.39 Å². The summed E-state index contributed by atoms with van der Waals surface area (Å²) >= 11 is 5.95. The fourth-order valence-corrected chi connectivity index (χ4v) is 2.49. The lowest BCUT2D eigenvalue weighted by atomic mass is 10.2. The number of aromatic amines is 2.